The second-order valence-electron chi connectivity index (χ2n) is 15.7. The standard InChI is InChI=1S/C39H50ClF2N3O5S/c1-26-6-3-8-35(49-19-18-44-17-5-16-39(41,42)24-44)32-12-9-30(32)22-45-23-38(15-4-7-28-20-31(40)11-13-33(28)38)25-50-36-14-10-29(21-34(36)45)37(46)43-51(47,48)27(26)2/h3,8,10-11,13-14,20-21,26-27,30,32,35H,4-7,9,12,15-19,22-25H2,1-2H3,(H,43,46)/b8-3-/t26-,27+,30-,32+,35-,38-/m0/s1. The summed E-state index contributed by atoms with van der Waals surface area (Å²) in [4.78, 5) is 17.7. The number of sulfonamides is 1. The van der Waals surface area contributed by atoms with E-state index in [1.165, 1.54) is 11.1 Å². The van der Waals surface area contributed by atoms with Crippen molar-refractivity contribution in [3.63, 3.8) is 0 Å². The summed E-state index contributed by atoms with van der Waals surface area (Å²) in [5, 5.41) is -0.107. The molecule has 3 heterocycles. The van der Waals surface area contributed by atoms with Gasteiger partial charge in [0.2, 0.25) is 10.0 Å². The molecule has 278 valence electrons. The third-order valence-corrected chi connectivity index (χ3v) is 14.4. The molecule has 1 amide bonds. The quantitative estimate of drug-likeness (QED) is 0.338. The average Bonchev–Trinajstić information content (AvgIpc) is 3.21. The van der Waals surface area contributed by atoms with Gasteiger partial charge in [-0.2, -0.15) is 0 Å². The van der Waals surface area contributed by atoms with Crippen LogP contribution in [0, 0.1) is 17.8 Å². The number of carbonyl (C=O) groups is 1. The monoisotopic (exact) mass is 745 g/mol. The second-order valence-corrected chi connectivity index (χ2v) is 18.2. The molecular formula is C39H50ClF2N3O5S. The molecule has 2 fully saturated rings. The van der Waals surface area contributed by atoms with Crippen LogP contribution < -0.4 is 14.4 Å². The van der Waals surface area contributed by atoms with Gasteiger partial charge in [-0.25, -0.2) is 21.9 Å². The number of ether oxygens (including phenoxy) is 2. The van der Waals surface area contributed by atoms with Crippen LogP contribution in [-0.2, 0) is 26.6 Å². The van der Waals surface area contributed by atoms with E-state index in [1.54, 1.807) is 30.0 Å². The Kier molecular flexibility index (Phi) is 10.5. The number of likely N-dealkylation sites (tertiary alicyclic amines) is 1. The molecule has 5 aliphatic rings. The Morgan fingerprint density at radius 3 is 2.71 bits per heavy atom. The minimum absolute atomic E-state index is 0.0672. The highest BCUT2D eigenvalue weighted by atomic mass is 35.5. The van der Waals surface area contributed by atoms with Gasteiger partial charge in [0.25, 0.3) is 11.8 Å². The summed E-state index contributed by atoms with van der Waals surface area (Å²) in [5.41, 5.74) is 3.21. The molecule has 12 heteroatoms. The van der Waals surface area contributed by atoms with Crippen LogP contribution in [0.25, 0.3) is 0 Å². The molecule has 3 aliphatic heterocycles. The Balaban J connectivity index is 1.22. The highest BCUT2D eigenvalue weighted by molar-refractivity contribution is 7.90. The average molecular weight is 746 g/mol. The van der Waals surface area contributed by atoms with Crippen molar-refractivity contribution in [3.8, 4) is 5.75 Å². The molecule has 1 spiro atoms. The van der Waals surface area contributed by atoms with Gasteiger partial charge in [-0.3, -0.25) is 9.69 Å². The first-order valence-electron chi connectivity index (χ1n) is 18.6. The first-order chi connectivity index (χ1) is 24.3. The number of rotatable bonds is 4. The topological polar surface area (TPSA) is 88.2 Å². The Labute approximate surface area is 305 Å². The van der Waals surface area contributed by atoms with Crippen LogP contribution in [0.15, 0.2) is 48.6 Å². The molecule has 2 bridgehead atoms. The molecule has 2 aromatic carbocycles. The number of nitrogens with zero attached hydrogens (tertiary/aromatic N) is 2. The Morgan fingerprint density at radius 1 is 1.08 bits per heavy atom. The largest absolute Gasteiger partial charge is 0.490 e. The van der Waals surface area contributed by atoms with E-state index in [9.17, 15) is 22.0 Å². The summed E-state index contributed by atoms with van der Waals surface area (Å²) < 4.78 is 70.6. The van der Waals surface area contributed by atoms with E-state index in [1.807, 2.05) is 19.1 Å². The predicted octanol–water partition coefficient (Wildman–Crippen LogP) is 7.00. The van der Waals surface area contributed by atoms with Crippen molar-refractivity contribution in [3.05, 3.63) is 70.3 Å². The van der Waals surface area contributed by atoms with Gasteiger partial charge >= 0.3 is 0 Å². The summed E-state index contributed by atoms with van der Waals surface area (Å²) in [6, 6.07) is 11.4. The molecule has 6 atom stereocenters. The number of benzene rings is 2. The third kappa shape index (κ3) is 7.82. The van der Waals surface area contributed by atoms with Crippen LogP contribution in [-0.4, -0.2) is 82.4 Å². The lowest BCUT2D eigenvalue weighted by Crippen LogP contribution is -2.50. The smallest absolute Gasteiger partial charge is 0.264 e. The minimum Gasteiger partial charge on any atom is -0.490 e. The lowest BCUT2D eigenvalue weighted by atomic mass is 9.68. The predicted molar refractivity (Wildman–Crippen MR) is 196 cm³/mol. The van der Waals surface area contributed by atoms with Crippen LogP contribution in [0.1, 0.15) is 80.3 Å². The number of alkyl halides is 2. The van der Waals surface area contributed by atoms with Gasteiger partial charge in [0, 0.05) is 42.1 Å². The molecule has 1 saturated carbocycles. The normalized spacial score (nSPS) is 32.8. The highest BCUT2D eigenvalue weighted by Crippen LogP contribution is 2.47. The first-order valence-corrected chi connectivity index (χ1v) is 20.5. The van der Waals surface area contributed by atoms with Crippen LogP contribution in [0.5, 0.6) is 5.75 Å². The van der Waals surface area contributed by atoms with E-state index < -0.39 is 27.1 Å². The number of nitrogens with one attached hydrogen (secondary N) is 1. The van der Waals surface area contributed by atoms with Gasteiger partial charge in [0.1, 0.15) is 5.75 Å². The zero-order valence-electron chi connectivity index (χ0n) is 29.6. The summed E-state index contributed by atoms with van der Waals surface area (Å²) in [5.74, 6) is -2.46. The summed E-state index contributed by atoms with van der Waals surface area (Å²) in [6.45, 7) is 6.52. The second kappa shape index (κ2) is 14.6. The van der Waals surface area contributed by atoms with Crippen molar-refractivity contribution < 1.29 is 31.5 Å². The molecule has 0 radical (unpaired) electrons. The SMILES string of the molecule is C[C@@H]1[C@@H](C)C/C=C\[C@H](OCCN2CCCC(F)(F)C2)[C@@H]2CC[C@H]2CN2C[C@@]3(CCCc4cc(Cl)ccc43)COc3ccc(cc32)C(=O)NS1(=O)=O. The lowest BCUT2D eigenvalue weighted by Gasteiger charge is -2.46. The Hall–Kier alpha value is -2.73. The molecule has 2 aromatic rings. The van der Waals surface area contributed by atoms with E-state index in [0.29, 0.717) is 63.0 Å². The third-order valence-electron chi connectivity index (χ3n) is 12.2. The number of anilines is 1. The van der Waals surface area contributed by atoms with Crippen molar-refractivity contribution in [1.82, 2.24) is 9.62 Å². The fraction of sp³-hybridized carbons (Fsp3) is 0.615. The molecule has 2 aliphatic carbocycles. The molecule has 7 rings (SSSR count). The van der Waals surface area contributed by atoms with Crippen molar-refractivity contribution in [2.24, 2.45) is 17.8 Å². The lowest BCUT2D eigenvalue weighted by molar-refractivity contribution is -0.0754. The van der Waals surface area contributed by atoms with Crippen LogP contribution in [0.4, 0.5) is 14.5 Å². The van der Waals surface area contributed by atoms with E-state index in [2.05, 4.69) is 27.8 Å². The van der Waals surface area contributed by atoms with Crippen LogP contribution >= 0.6 is 11.6 Å². The number of amides is 1. The maximum atomic E-state index is 14.1. The molecule has 0 aromatic heterocycles. The zero-order chi connectivity index (χ0) is 36.0. The van der Waals surface area contributed by atoms with E-state index >= 15 is 0 Å². The Morgan fingerprint density at radius 2 is 1.92 bits per heavy atom. The number of halogens is 3. The fourth-order valence-corrected chi connectivity index (χ4v) is 10.4. The van der Waals surface area contributed by atoms with Crippen molar-refractivity contribution in [2.45, 2.75) is 87.9 Å². The number of piperidine rings is 1. The number of carbonyl (C=O) groups excluding carboxylic acids is 1. The van der Waals surface area contributed by atoms with Crippen LogP contribution in [0.3, 0.4) is 0 Å². The molecule has 8 nitrogen and oxygen atoms in total. The number of fused-ring (bicyclic) bond motifs is 4. The summed E-state index contributed by atoms with van der Waals surface area (Å²) in [6.07, 6.45) is 9.57. The molecular weight excluding hydrogens is 696 g/mol. The van der Waals surface area contributed by atoms with Gasteiger partial charge in [-0.1, -0.05) is 36.7 Å². The fourth-order valence-electron chi connectivity index (χ4n) is 8.88. The molecule has 0 unspecified atom stereocenters. The first kappa shape index (κ1) is 36.6. The van der Waals surface area contributed by atoms with Gasteiger partial charge in [0.15, 0.2) is 0 Å². The summed E-state index contributed by atoms with van der Waals surface area (Å²) >= 11 is 6.45. The number of aryl methyl sites for hydroxylation is 1. The van der Waals surface area contributed by atoms with Crippen molar-refractivity contribution in [1.29, 1.82) is 0 Å². The van der Waals surface area contributed by atoms with Crippen molar-refractivity contribution >= 4 is 33.2 Å². The maximum Gasteiger partial charge on any atom is 0.264 e. The molecule has 1 N–H and O–H groups in total. The number of hydrogen-bond donors (Lipinski definition) is 1. The zero-order valence-corrected chi connectivity index (χ0v) is 31.2. The maximum absolute atomic E-state index is 14.1. The van der Waals surface area contributed by atoms with Gasteiger partial charge < -0.3 is 14.4 Å². The van der Waals surface area contributed by atoms with E-state index in [4.69, 9.17) is 21.1 Å². The highest BCUT2D eigenvalue weighted by Gasteiger charge is 2.45. The minimum atomic E-state index is -3.98. The number of hydrogen-bond acceptors (Lipinski definition) is 7. The van der Waals surface area contributed by atoms with Gasteiger partial charge in [-0.05, 0) is 118 Å². The molecule has 1 saturated heterocycles. The van der Waals surface area contributed by atoms with E-state index in [0.717, 1.165) is 37.8 Å². The van der Waals surface area contributed by atoms with Gasteiger partial charge in [-0.15, -0.1) is 0 Å². The molecule has 51 heavy (non-hydrogen) atoms. The van der Waals surface area contributed by atoms with Gasteiger partial charge in [0.05, 0.1) is 36.8 Å². The van der Waals surface area contributed by atoms with E-state index in [-0.39, 0.29) is 47.8 Å². The van der Waals surface area contributed by atoms with Crippen molar-refractivity contribution in [2.75, 3.05) is 50.8 Å². The number of allylic oxidation sites excluding steroid dienone is 1. The summed E-state index contributed by atoms with van der Waals surface area (Å²) in [7, 11) is -3.98. The van der Waals surface area contributed by atoms with Crippen LogP contribution in [0.2, 0.25) is 5.02 Å². The Bertz CT molecular complexity index is 1760.